The monoisotopic (exact) mass is 516 g/mol. The first kappa shape index (κ1) is 21.3. The zero-order valence-electron chi connectivity index (χ0n) is 21.2. The van der Waals surface area contributed by atoms with Gasteiger partial charge in [-0.3, -0.25) is 9.97 Å². The van der Waals surface area contributed by atoms with Crippen LogP contribution in [0.5, 0.6) is 23.0 Å². The van der Waals surface area contributed by atoms with Crippen LogP contribution in [0.3, 0.4) is 0 Å². The molecule has 4 aromatic carbocycles. The summed E-state index contributed by atoms with van der Waals surface area (Å²) < 4.78 is 17.3. The van der Waals surface area contributed by atoms with Crippen LogP contribution in [0.1, 0.15) is 0 Å². The molecule has 188 valence electrons. The second kappa shape index (κ2) is 7.94. The quantitative estimate of drug-likeness (QED) is 0.231. The summed E-state index contributed by atoms with van der Waals surface area (Å²) in [6.07, 6.45) is 7.51. The van der Waals surface area contributed by atoms with Crippen molar-refractivity contribution in [2.45, 2.75) is 0 Å². The van der Waals surface area contributed by atoms with Gasteiger partial charge in [0.2, 0.25) is 0 Å². The Bertz CT molecular complexity index is 2030. The molecule has 0 aliphatic carbocycles. The first-order valence-corrected chi connectivity index (χ1v) is 13.1. The third-order valence-corrected chi connectivity index (χ3v) is 7.76. The maximum Gasteiger partial charge on any atom is 0.172 e. The highest BCUT2D eigenvalue weighted by atomic mass is 16.6. The molecule has 0 spiro atoms. The van der Waals surface area contributed by atoms with Gasteiger partial charge in [-0.25, -0.2) is 0 Å². The van der Waals surface area contributed by atoms with Crippen LogP contribution in [0.25, 0.3) is 55.0 Å². The van der Waals surface area contributed by atoms with E-state index in [0.29, 0.717) is 23.0 Å². The first-order valence-electron chi connectivity index (χ1n) is 13.1. The lowest BCUT2D eigenvalue weighted by atomic mass is 10.2. The van der Waals surface area contributed by atoms with Crippen molar-refractivity contribution in [2.24, 2.45) is 0 Å². The molecule has 0 saturated heterocycles. The Balaban J connectivity index is 1.18. The summed E-state index contributed by atoms with van der Waals surface area (Å²) in [5, 5.41) is 4.56. The fourth-order valence-electron chi connectivity index (χ4n) is 6.02. The number of ether oxygens (including phenoxy) is 2. The molecule has 9 rings (SSSR count). The molecule has 0 bridgehead atoms. The van der Waals surface area contributed by atoms with Crippen LogP contribution in [0.4, 0.5) is 0 Å². The molecule has 6 heteroatoms. The van der Waals surface area contributed by atoms with Gasteiger partial charge in [-0.15, -0.1) is 0 Å². The van der Waals surface area contributed by atoms with E-state index in [1.807, 2.05) is 49.1 Å². The van der Waals surface area contributed by atoms with Crippen LogP contribution in [-0.4, -0.2) is 19.1 Å². The van der Waals surface area contributed by atoms with Crippen LogP contribution in [0.15, 0.2) is 122 Å². The van der Waals surface area contributed by atoms with Gasteiger partial charge in [-0.2, -0.15) is 0 Å². The summed E-state index contributed by atoms with van der Waals surface area (Å²) in [5.41, 5.74) is 6.41. The largest absolute Gasteiger partial charge is 0.450 e. The van der Waals surface area contributed by atoms with Crippen molar-refractivity contribution in [1.29, 1.82) is 0 Å². The van der Waals surface area contributed by atoms with E-state index in [0.717, 1.165) is 55.0 Å². The smallest absolute Gasteiger partial charge is 0.172 e. The van der Waals surface area contributed by atoms with Gasteiger partial charge < -0.3 is 18.6 Å². The van der Waals surface area contributed by atoms with E-state index in [2.05, 4.69) is 91.9 Å². The number of pyridine rings is 2. The second-order valence-corrected chi connectivity index (χ2v) is 9.96. The number of benzene rings is 4. The van der Waals surface area contributed by atoms with Crippen LogP contribution < -0.4 is 9.47 Å². The molecule has 1 aliphatic rings. The molecule has 40 heavy (non-hydrogen) atoms. The summed E-state index contributed by atoms with van der Waals surface area (Å²) in [7, 11) is 0. The number of nitrogens with zero attached hydrogens (tertiary/aromatic N) is 4. The molecule has 0 fully saturated rings. The van der Waals surface area contributed by atoms with Gasteiger partial charge in [-0.05, 0) is 48.5 Å². The molecule has 8 aromatic rings. The number of aromatic nitrogens is 4. The van der Waals surface area contributed by atoms with Gasteiger partial charge in [0, 0.05) is 58.5 Å². The maximum absolute atomic E-state index is 6.53. The molecule has 5 heterocycles. The number of fused-ring (bicyclic) bond motifs is 8. The highest BCUT2D eigenvalue weighted by Gasteiger charge is 2.22. The van der Waals surface area contributed by atoms with Crippen LogP contribution in [-0.2, 0) is 0 Å². The van der Waals surface area contributed by atoms with E-state index in [-0.39, 0.29) is 0 Å². The first-order chi connectivity index (χ1) is 19.8. The summed E-state index contributed by atoms with van der Waals surface area (Å²) in [6.45, 7) is 0. The van der Waals surface area contributed by atoms with E-state index in [1.165, 1.54) is 0 Å². The number of hydrogen-bond donors (Lipinski definition) is 0. The molecule has 1 aliphatic heterocycles. The van der Waals surface area contributed by atoms with Crippen molar-refractivity contribution in [3.8, 4) is 34.4 Å². The average molecular weight is 517 g/mol. The number of hydrogen-bond acceptors (Lipinski definition) is 4. The zero-order chi connectivity index (χ0) is 26.2. The predicted octanol–water partition coefficient (Wildman–Crippen LogP) is 8.57. The molecule has 0 atom stereocenters. The molecular weight excluding hydrogens is 496 g/mol. The van der Waals surface area contributed by atoms with Gasteiger partial charge in [0.15, 0.2) is 23.0 Å². The van der Waals surface area contributed by atoms with Crippen LogP contribution in [0, 0.1) is 0 Å². The standard InChI is InChI=1S/C34H20N4O2/c1-3-7-27-23(5-1)25-19-35-15-13-29(25)37(27)21-9-11-31-33(17-21)40-34-18-22(10-12-32(34)39-31)38-28-8-4-2-6-24(28)26-20-36-16-14-30(26)38/h1-20H. The second-order valence-electron chi connectivity index (χ2n) is 9.96. The summed E-state index contributed by atoms with van der Waals surface area (Å²) in [5.74, 6) is 2.73. The third kappa shape index (κ3) is 2.93. The Kier molecular flexibility index (Phi) is 4.24. The molecule has 0 saturated carbocycles. The minimum Gasteiger partial charge on any atom is -0.450 e. The van der Waals surface area contributed by atoms with Crippen molar-refractivity contribution in [3.63, 3.8) is 0 Å². The molecule has 0 N–H and O–H groups in total. The fourth-order valence-corrected chi connectivity index (χ4v) is 6.02. The maximum atomic E-state index is 6.53. The van der Waals surface area contributed by atoms with E-state index in [4.69, 9.17) is 9.47 Å². The highest BCUT2D eigenvalue weighted by Crippen LogP contribution is 2.47. The Labute approximate surface area is 228 Å². The van der Waals surface area contributed by atoms with Gasteiger partial charge in [-0.1, -0.05) is 36.4 Å². The lowest BCUT2D eigenvalue weighted by molar-refractivity contribution is 0.359. The molecule has 0 amide bonds. The topological polar surface area (TPSA) is 54.1 Å². The third-order valence-electron chi connectivity index (χ3n) is 7.76. The Morgan fingerprint density at radius 2 is 0.875 bits per heavy atom. The highest BCUT2D eigenvalue weighted by molar-refractivity contribution is 6.09. The van der Waals surface area contributed by atoms with E-state index in [1.54, 1.807) is 0 Å². The van der Waals surface area contributed by atoms with Crippen molar-refractivity contribution in [2.75, 3.05) is 0 Å². The predicted molar refractivity (Wildman–Crippen MR) is 157 cm³/mol. The van der Waals surface area contributed by atoms with E-state index >= 15 is 0 Å². The van der Waals surface area contributed by atoms with Crippen molar-refractivity contribution in [3.05, 3.63) is 122 Å². The average Bonchev–Trinajstić information content (AvgIpc) is 3.53. The van der Waals surface area contributed by atoms with Gasteiger partial charge in [0.25, 0.3) is 0 Å². The zero-order valence-corrected chi connectivity index (χ0v) is 21.2. The van der Waals surface area contributed by atoms with Crippen LogP contribution >= 0.6 is 0 Å². The molecule has 0 radical (unpaired) electrons. The Hall–Kier alpha value is -5.62. The van der Waals surface area contributed by atoms with E-state index < -0.39 is 0 Å². The fraction of sp³-hybridized carbons (Fsp3) is 0. The van der Waals surface area contributed by atoms with Gasteiger partial charge in [0.05, 0.1) is 33.4 Å². The lowest BCUT2D eigenvalue weighted by Gasteiger charge is -2.22. The molecular formula is C34H20N4O2. The Morgan fingerprint density at radius 1 is 0.425 bits per heavy atom. The van der Waals surface area contributed by atoms with E-state index in [9.17, 15) is 0 Å². The van der Waals surface area contributed by atoms with Crippen LogP contribution in [0.2, 0.25) is 0 Å². The van der Waals surface area contributed by atoms with Gasteiger partial charge >= 0.3 is 0 Å². The van der Waals surface area contributed by atoms with Crippen molar-refractivity contribution >= 4 is 43.6 Å². The molecule has 4 aromatic heterocycles. The summed E-state index contributed by atoms with van der Waals surface area (Å²) in [6, 6.07) is 33.1. The summed E-state index contributed by atoms with van der Waals surface area (Å²) >= 11 is 0. The minimum atomic E-state index is 0.675. The number of rotatable bonds is 2. The Morgan fingerprint density at radius 3 is 1.40 bits per heavy atom. The lowest BCUT2D eigenvalue weighted by Crippen LogP contribution is -2.02. The minimum absolute atomic E-state index is 0.675. The summed E-state index contributed by atoms with van der Waals surface area (Å²) in [4.78, 5) is 8.74. The molecule has 6 nitrogen and oxygen atoms in total. The number of para-hydroxylation sites is 2. The van der Waals surface area contributed by atoms with Gasteiger partial charge in [0.1, 0.15) is 0 Å². The van der Waals surface area contributed by atoms with Crippen molar-refractivity contribution in [1.82, 2.24) is 19.1 Å². The molecule has 0 unspecified atom stereocenters. The van der Waals surface area contributed by atoms with Crippen molar-refractivity contribution < 1.29 is 9.47 Å². The SMILES string of the molecule is c1ccc2c(c1)c1cnccc1n2-c1ccc2c(c1)Oc1cc(-n3c4ccccc4c4cnccc43)ccc1O2. The normalized spacial score (nSPS) is 12.4.